The summed E-state index contributed by atoms with van der Waals surface area (Å²) in [4.78, 5) is 7.51. The molecule has 2 atom stereocenters. The smallest absolute Gasteiger partial charge is 0.0622 e. The molecule has 22 heavy (non-hydrogen) atoms. The maximum atomic E-state index is 5.60. The maximum absolute atomic E-state index is 5.60. The Hall–Kier alpha value is -0.970. The summed E-state index contributed by atoms with van der Waals surface area (Å²) in [6.07, 6.45) is 9.39. The fourth-order valence-electron chi connectivity index (χ4n) is 4.05. The Morgan fingerprint density at radius 1 is 1.36 bits per heavy atom. The molecular weight excluding hydrogens is 292 g/mol. The van der Waals surface area contributed by atoms with E-state index in [1.54, 1.807) is 0 Å². The lowest BCUT2D eigenvalue weighted by Crippen LogP contribution is -2.40. The van der Waals surface area contributed by atoms with E-state index in [0.717, 1.165) is 19.6 Å². The van der Waals surface area contributed by atoms with Crippen LogP contribution < -0.4 is 0 Å². The third-order valence-electron chi connectivity index (χ3n) is 5.23. The van der Waals surface area contributed by atoms with Crippen molar-refractivity contribution >= 4 is 22.7 Å². The number of benzene rings is 1. The molecule has 0 saturated carbocycles. The average Bonchev–Trinajstić information content (AvgIpc) is 3.27. The normalized spacial score (nSPS) is 26.2. The number of nitrogens with zero attached hydrogens (tertiary/aromatic N) is 1. The highest BCUT2D eigenvalue weighted by molar-refractivity contribution is 7.98. The Morgan fingerprint density at radius 3 is 3.14 bits per heavy atom. The molecule has 1 aromatic carbocycles. The van der Waals surface area contributed by atoms with E-state index < -0.39 is 0 Å². The van der Waals surface area contributed by atoms with Crippen molar-refractivity contribution in [3.05, 3.63) is 30.0 Å². The van der Waals surface area contributed by atoms with Crippen LogP contribution in [0.25, 0.3) is 10.9 Å². The Bertz CT molecular complexity index is 648. The number of aromatic amines is 1. The third kappa shape index (κ3) is 2.68. The highest BCUT2D eigenvalue weighted by atomic mass is 32.2. The largest absolute Gasteiger partial charge is 0.380 e. The second-order valence-electron chi connectivity index (χ2n) is 6.48. The van der Waals surface area contributed by atoms with Gasteiger partial charge in [0.2, 0.25) is 0 Å². The van der Waals surface area contributed by atoms with Gasteiger partial charge in [-0.3, -0.25) is 4.90 Å². The minimum Gasteiger partial charge on any atom is -0.380 e. The molecule has 1 N–H and O–H groups in total. The fourth-order valence-corrected chi connectivity index (χ4v) is 4.49. The first-order valence-electron chi connectivity index (χ1n) is 8.32. The zero-order valence-corrected chi connectivity index (χ0v) is 14.0. The number of nitrogens with one attached hydrogen (secondary N) is 1. The summed E-state index contributed by atoms with van der Waals surface area (Å²) in [6, 6.07) is 8.08. The minimum absolute atomic E-state index is 0.652. The van der Waals surface area contributed by atoms with Gasteiger partial charge >= 0.3 is 0 Å². The van der Waals surface area contributed by atoms with Gasteiger partial charge in [-0.15, -0.1) is 11.8 Å². The van der Waals surface area contributed by atoms with Crippen molar-refractivity contribution in [3.8, 4) is 0 Å². The summed E-state index contributed by atoms with van der Waals surface area (Å²) in [5, 5.41) is 1.40. The van der Waals surface area contributed by atoms with Gasteiger partial charge in [-0.25, -0.2) is 0 Å². The number of ether oxygens (including phenoxy) is 1. The molecule has 0 amide bonds. The second kappa shape index (κ2) is 6.26. The van der Waals surface area contributed by atoms with Gasteiger partial charge < -0.3 is 9.72 Å². The molecule has 0 spiro atoms. The van der Waals surface area contributed by atoms with E-state index in [1.807, 2.05) is 11.8 Å². The average molecular weight is 316 g/mol. The van der Waals surface area contributed by atoms with Crippen LogP contribution in [-0.2, 0) is 11.2 Å². The molecule has 2 fully saturated rings. The van der Waals surface area contributed by atoms with E-state index in [1.165, 1.54) is 47.2 Å². The van der Waals surface area contributed by atoms with Crippen LogP contribution in [0.3, 0.4) is 0 Å². The standard InChI is InChI=1S/C18H24N2OS/c1-22-16-4-5-18-17(10-16)13(11-19-18)9-14-3-2-7-20(14)15-6-8-21-12-15/h4-5,10-11,14-15,19H,2-3,6-9,12H2,1H3/t14-,15+/m1/s1. The Labute approximate surface area is 136 Å². The molecule has 3 nitrogen and oxygen atoms in total. The van der Waals surface area contributed by atoms with Gasteiger partial charge in [0.05, 0.1) is 6.61 Å². The van der Waals surface area contributed by atoms with E-state index in [-0.39, 0.29) is 0 Å². The first kappa shape index (κ1) is 14.6. The monoisotopic (exact) mass is 316 g/mol. The summed E-state index contributed by atoms with van der Waals surface area (Å²) >= 11 is 1.82. The summed E-state index contributed by atoms with van der Waals surface area (Å²) < 4.78 is 5.60. The number of aromatic nitrogens is 1. The molecule has 2 saturated heterocycles. The molecule has 4 heteroatoms. The second-order valence-corrected chi connectivity index (χ2v) is 7.36. The molecule has 4 rings (SSSR count). The van der Waals surface area contributed by atoms with Crippen LogP contribution in [0.1, 0.15) is 24.8 Å². The summed E-state index contributed by atoms with van der Waals surface area (Å²) in [6.45, 7) is 3.12. The highest BCUT2D eigenvalue weighted by Crippen LogP contribution is 2.30. The Balaban J connectivity index is 1.57. The molecule has 0 radical (unpaired) electrons. The summed E-state index contributed by atoms with van der Waals surface area (Å²) in [7, 11) is 0. The van der Waals surface area contributed by atoms with Crippen molar-refractivity contribution in [2.24, 2.45) is 0 Å². The van der Waals surface area contributed by atoms with Gasteiger partial charge in [0.15, 0.2) is 0 Å². The summed E-state index contributed by atoms with van der Waals surface area (Å²) in [5.41, 5.74) is 2.74. The minimum atomic E-state index is 0.652. The van der Waals surface area contributed by atoms with Gasteiger partial charge in [-0.1, -0.05) is 0 Å². The van der Waals surface area contributed by atoms with Gasteiger partial charge in [0.25, 0.3) is 0 Å². The lowest BCUT2D eigenvalue weighted by molar-refractivity contribution is 0.135. The van der Waals surface area contributed by atoms with Crippen LogP contribution in [0, 0.1) is 0 Å². The number of likely N-dealkylation sites (tertiary alicyclic amines) is 1. The number of thioether (sulfide) groups is 1. The van der Waals surface area contributed by atoms with Crippen LogP contribution in [0.5, 0.6) is 0 Å². The van der Waals surface area contributed by atoms with Crippen molar-refractivity contribution < 1.29 is 4.74 Å². The molecule has 0 bridgehead atoms. The van der Waals surface area contributed by atoms with Crippen molar-refractivity contribution in [1.29, 1.82) is 0 Å². The summed E-state index contributed by atoms with van der Waals surface area (Å²) in [5.74, 6) is 0. The van der Waals surface area contributed by atoms with Gasteiger partial charge in [0.1, 0.15) is 0 Å². The molecule has 0 unspecified atom stereocenters. The van der Waals surface area contributed by atoms with Gasteiger partial charge in [0, 0.05) is 40.7 Å². The van der Waals surface area contributed by atoms with Crippen molar-refractivity contribution in [3.63, 3.8) is 0 Å². The van der Waals surface area contributed by atoms with Crippen molar-refractivity contribution in [2.45, 2.75) is 42.7 Å². The van der Waals surface area contributed by atoms with E-state index in [4.69, 9.17) is 4.74 Å². The number of hydrogen-bond acceptors (Lipinski definition) is 3. The lowest BCUT2D eigenvalue weighted by atomic mass is 10.0. The Kier molecular flexibility index (Phi) is 4.16. The van der Waals surface area contributed by atoms with E-state index in [2.05, 4.69) is 40.5 Å². The predicted molar refractivity (Wildman–Crippen MR) is 92.7 cm³/mol. The van der Waals surface area contributed by atoms with Crippen molar-refractivity contribution in [1.82, 2.24) is 9.88 Å². The topological polar surface area (TPSA) is 28.3 Å². The number of rotatable bonds is 4. The van der Waals surface area contributed by atoms with Crippen LogP contribution in [0.2, 0.25) is 0 Å². The van der Waals surface area contributed by atoms with E-state index >= 15 is 0 Å². The molecule has 2 aliphatic heterocycles. The molecule has 1 aromatic heterocycles. The lowest BCUT2D eigenvalue weighted by Gasteiger charge is -2.29. The SMILES string of the molecule is CSc1ccc2[nH]cc(C[C@H]3CCCN3[C@H]3CCOC3)c2c1. The van der Waals surface area contributed by atoms with E-state index in [0.29, 0.717) is 12.1 Å². The predicted octanol–water partition coefficient (Wildman–Crippen LogP) is 3.69. The Morgan fingerprint density at radius 2 is 2.32 bits per heavy atom. The van der Waals surface area contributed by atoms with Crippen LogP contribution >= 0.6 is 11.8 Å². The number of H-pyrrole nitrogens is 1. The maximum Gasteiger partial charge on any atom is 0.0622 e. The van der Waals surface area contributed by atoms with Crippen molar-refractivity contribution in [2.75, 3.05) is 26.0 Å². The zero-order chi connectivity index (χ0) is 14.9. The molecule has 0 aliphatic carbocycles. The highest BCUT2D eigenvalue weighted by Gasteiger charge is 2.33. The quantitative estimate of drug-likeness (QED) is 0.872. The molecule has 2 aliphatic rings. The van der Waals surface area contributed by atoms with E-state index in [9.17, 15) is 0 Å². The fraction of sp³-hybridized carbons (Fsp3) is 0.556. The molecule has 3 heterocycles. The molecular formula is C18H24N2OS. The third-order valence-corrected chi connectivity index (χ3v) is 5.95. The number of hydrogen-bond donors (Lipinski definition) is 1. The van der Waals surface area contributed by atoms with Gasteiger partial charge in [-0.05, 0) is 62.2 Å². The van der Waals surface area contributed by atoms with Crippen LogP contribution in [-0.4, -0.2) is 48.0 Å². The first-order chi connectivity index (χ1) is 10.8. The van der Waals surface area contributed by atoms with Crippen LogP contribution in [0.15, 0.2) is 29.3 Å². The molecule has 118 valence electrons. The zero-order valence-electron chi connectivity index (χ0n) is 13.2. The van der Waals surface area contributed by atoms with Crippen LogP contribution in [0.4, 0.5) is 0 Å². The first-order valence-corrected chi connectivity index (χ1v) is 9.55. The van der Waals surface area contributed by atoms with Gasteiger partial charge in [-0.2, -0.15) is 0 Å². The number of fused-ring (bicyclic) bond motifs is 1. The molecule has 2 aromatic rings.